The number of hydrogen-bond acceptors (Lipinski definition) is 3. The molecule has 112 valence electrons. The van der Waals surface area contributed by atoms with Gasteiger partial charge in [0.25, 0.3) is 0 Å². The van der Waals surface area contributed by atoms with Crippen LogP contribution in [0.3, 0.4) is 0 Å². The first kappa shape index (κ1) is 15.0. The Hall–Kier alpha value is -2.37. The summed E-state index contributed by atoms with van der Waals surface area (Å²) in [5.74, 6) is -0.841. The van der Waals surface area contributed by atoms with Crippen molar-refractivity contribution in [2.75, 3.05) is 19.6 Å². The molecular weight excluding hydrogens is 270 g/mol. The van der Waals surface area contributed by atoms with E-state index in [2.05, 4.69) is 0 Å². The van der Waals surface area contributed by atoms with Gasteiger partial charge in [0.15, 0.2) is 0 Å². The quantitative estimate of drug-likeness (QED) is 0.834. The lowest BCUT2D eigenvalue weighted by Crippen LogP contribution is -2.60. The molecule has 6 nitrogen and oxygen atoms in total. The average molecular weight is 289 g/mol. The molecule has 2 rings (SSSR count). The molecule has 2 N–H and O–H groups in total. The van der Waals surface area contributed by atoms with E-state index in [9.17, 15) is 14.4 Å². The molecule has 1 aliphatic heterocycles. The second kappa shape index (κ2) is 6.39. The van der Waals surface area contributed by atoms with Crippen LogP contribution in [-0.4, -0.2) is 53.2 Å². The van der Waals surface area contributed by atoms with E-state index in [1.165, 1.54) is 11.8 Å². The van der Waals surface area contributed by atoms with Crippen molar-refractivity contribution in [1.82, 2.24) is 9.80 Å². The molecule has 1 aliphatic rings. The average Bonchev–Trinajstić information content (AvgIpc) is 2.47. The zero-order chi connectivity index (χ0) is 15.4. The van der Waals surface area contributed by atoms with Crippen molar-refractivity contribution in [3.05, 3.63) is 35.9 Å². The number of primary amides is 1. The van der Waals surface area contributed by atoms with Crippen LogP contribution in [0, 0.1) is 0 Å². The van der Waals surface area contributed by atoms with Crippen LogP contribution in [-0.2, 0) is 20.8 Å². The second-order valence-corrected chi connectivity index (χ2v) is 5.13. The first-order chi connectivity index (χ1) is 9.99. The van der Waals surface area contributed by atoms with Gasteiger partial charge in [0.1, 0.15) is 6.04 Å². The molecule has 0 spiro atoms. The van der Waals surface area contributed by atoms with Crippen LogP contribution < -0.4 is 5.73 Å². The van der Waals surface area contributed by atoms with Gasteiger partial charge < -0.3 is 15.5 Å². The van der Waals surface area contributed by atoms with Gasteiger partial charge in [-0.25, -0.2) is 0 Å². The minimum atomic E-state index is -0.740. The van der Waals surface area contributed by atoms with Gasteiger partial charge in [0.2, 0.25) is 17.7 Å². The predicted octanol–water partition coefficient (Wildman–Crippen LogP) is -0.226. The molecule has 0 unspecified atom stereocenters. The van der Waals surface area contributed by atoms with Gasteiger partial charge in [0, 0.05) is 20.0 Å². The molecule has 1 heterocycles. The highest BCUT2D eigenvalue weighted by atomic mass is 16.2. The summed E-state index contributed by atoms with van der Waals surface area (Å²) in [5.41, 5.74) is 6.26. The molecule has 1 saturated heterocycles. The summed E-state index contributed by atoms with van der Waals surface area (Å²) >= 11 is 0. The summed E-state index contributed by atoms with van der Waals surface area (Å²) < 4.78 is 0. The Balaban J connectivity index is 2.03. The van der Waals surface area contributed by atoms with Gasteiger partial charge in [-0.15, -0.1) is 0 Å². The number of nitrogens with zero attached hydrogens (tertiary/aromatic N) is 2. The number of rotatable bonds is 3. The van der Waals surface area contributed by atoms with E-state index in [4.69, 9.17) is 5.73 Å². The third kappa shape index (κ3) is 3.59. The van der Waals surface area contributed by atoms with Gasteiger partial charge in [-0.3, -0.25) is 14.4 Å². The molecule has 0 aromatic heterocycles. The Labute approximate surface area is 123 Å². The molecule has 0 aliphatic carbocycles. The number of hydrogen-bond donors (Lipinski definition) is 1. The normalized spacial score (nSPS) is 18.4. The summed E-state index contributed by atoms with van der Waals surface area (Å²) in [6.07, 6.45) is 0.284. The lowest BCUT2D eigenvalue weighted by Gasteiger charge is -2.39. The van der Waals surface area contributed by atoms with Gasteiger partial charge in [-0.1, -0.05) is 30.3 Å². The Morgan fingerprint density at radius 3 is 2.43 bits per heavy atom. The summed E-state index contributed by atoms with van der Waals surface area (Å²) in [6.45, 7) is 2.33. The van der Waals surface area contributed by atoms with E-state index in [0.29, 0.717) is 13.1 Å². The molecule has 3 amide bonds. The van der Waals surface area contributed by atoms with E-state index in [0.717, 1.165) is 5.56 Å². The number of carbonyl (C=O) groups excluding carboxylic acids is 3. The highest BCUT2D eigenvalue weighted by Crippen LogP contribution is 2.12. The Morgan fingerprint density at radius 1 is 1.19 bits per heavy atom. The molecule has 1 fully saturated rings. The molecule has 0 bridgehead atoms. The van der Waals surface area contributed by atoms with Gasteiger partial charge in [-0.2, -0.15) is 0 Å². The third-order valence-corrected chi connectivity index (χ3v) is 3.66. The fourth-order valence-electron chi connectivity index (χ4n) is 2.51. The summed E-state index contributed by atoms with van der Waals surface area (Å²) in [4.78, 5) is 38.3. The molecule has 6 heteroatoms. The van der Waals surface area contributed by atoms with Crippen LogP contribution in [0.2, 0.25) is 0 Å². The second-order valence-electron chi connectivity index (χ2n) is 5.13. The summed E-state index contributed by atoms with van der Waals surface area (Å²) in [7, 11) is 0. The molecule has 1 atom stereocenters. The lowest BCUT2D eigenvalue weighted by atomic mass is 10.1. The van der Waals surface area contributed by atoms with Crippen molar-refractivity contribution < 1.29 is 14.4 Å². The maximum absolute atomic E-state index is 12.3. The van der Waals surface area contributed by atoms with Crippen molar-refractivity contribution in [2.45, 2.75) is 19.4 Å². The number of nitrogens with two attached hydrogens (primary N) is 1. The maximum Gasteiger partial charge on any atom is 0.242 e. The third-order valence-electron chi connectivity index (χ3n) is 3.66. The number of benzene rings is 1. The number of amides is 3. The van der Waals surface area contributed by atoms with Crippen molar-refractivity contribution in [3.63, 3.8) is 0 Å². The maximum atomic E-state index is 12.3. The van der Waals surface area contributed by atoms with E-state index in [-0.39, 0.29) is 24.8 Å². The summed E-state index contributed by atoms with van der Waals surface area (Å²) in [5, 5.41) is 0. The van der Waals surface area contributed by atoms with Gasteiger partial charge >= 0.3 is 0 Å². The monoisotopic (exact) mass is 289 g/mol. The Bertz CT molecular complexity index is 544. The number of piperazine rings is 1. The topological polar surface area (TPSA) is 83.7 Å². The molecule has 1 aromatic carbocycles. The van der Waals surface area contributed by atoms with E-state index in [1.807, 2.05) is 30.3 Å². The van der Waals surface area contributed by atoms with E-state index in [1.54, 1.807) is 4.90 Å². The highest BCUT2D eigenvalue weighted by Gasteiger charge is 2.34. The van der Waals surface area contributed by atoms with Crippen molar-refractivity contribution >= 4 is 17.7 Å². The van der Waals surface area contributed by atoms with Gasteiger partial charge in [-0.05, 0) is 5.56 Å². The van der Waals surface area contributed by atoms with Crippen LogP contribution in [0.1, 0.15) is 12.5 Å². The largest absolute Gasteiger partial charge is 0.368 e. The number of carbonyl (C=O) groups is 3. The lowest BCUT2D eigenvalue weighted by molar-refractivity contribution is -0.146. The summed E-state index contributed by atoms with van der Waals surface area (Å²) in [6, 6.07) is 8.68. The van der Waals surface area contributed by atoms with E-state index < -0.39 is 11.9 Å². The minimum absolute atomic E-state index is 0.0596. The smallest absolute Gasteiger partial charge is 0.242 e. The van der Waals surface area contributed by atoms with Crippen LogP contribution in [0.25, 0.3) is 0 Å². The predicted molar refractivity (Wildman–Crippen MR) is 77.1 cm³/mol. The zero-order valence-corrected chi connectivity index (χ0v) is 12.0. The minimum Gasteiger partial charge on any atom is -0.368 e. The Morgan fingerprint density at radius 2 is 1.86 bits per heavy atom. The van der Waals surface area contributed by atoms with E-state index >= 15 is 0 Å². The molecule has 0 saturated carbocycles. The highest BCUT2D eigenvalue weighted by molar-refractivity contribution is 5.87. The van der Waals surface area contributed by atoms with Gasteiger partial charge in [0.05, 0.1) is 13.0 Å². The molecule has 0 radical (unpaired) electrons. The molecule has 1 aromatic rings. The van der Waals surface area contributed by atoms with Crippen LogP contribution in [0.4, 0.5) is 0 Å². The zero-order valence-electron chi connectivity index (χ0n) is 12.0. The van der Waals surface area contributed by atoms with Crippen LogP contribution in [0.5, 0.6) is 0 Å². The first-order valence-corrected chi connectivity index (χ1v) is 6.87. The standard InChI is InChI=1S/C15H19N3O3/c1-11(19)18-8-7-17(10-13(18)15(16)21)14(20)9-12-5-3-2-4-6-12/h2-6,13H,7-10H2,1H3,(H2,16,21)/t13-/m0/s1. The fraction of sp³-hybridized carbons (Fsp3) is 0.400. The van der Waals surface area contributed by atoms with Crippen molar-refractivity contribution in [3.8, 4) is 0 Å². The first-order valence-electron chi connectivity index (χ1n) is 6.87. The van der Waals surface area contributed by atoms with Crippen LogP contribution in [0.15, 0.2) is 30.3 Å². The van der Waals surface area contributed by atoms with Crippen LogP contribution >= 0.6 is 0 Å². The van der Waals surface area contributed by atoms with Crippen molar-refractivity contribution in [2.24, 2.45) is 5.73 Å². The van der Waals surface area contributed by atoms with Crippen molar-refractivity contribution in [1.29, 1.82) is 0 Å². The SMILES string of the molecule is CC(=O)N1CCN(C(=O)Cc2ccccc2)C[C@H]1C(N)=O. The fourth-order valence-corrected chi connectivity index (χ4v) is 2.51. The Kier molecular flexibility index (Phi) is 4.57. The molecule has 21 heavy (non-hydrogen) atoms. The molecular formula is C15H19N3O3.